The van der Waals surface area contributed by atoms with E-state index in [9.17, 15) is 14.4 Å². The lowest BCUT2D eigenvalue weighted by atomic mass is 9.97. The van der Waals surface area contributed by atoms with Crippen molar-refractivity contribution in [2.24, 2.45) is 5.92 Å². The molecule has 0 radical (unpaired) electrons. The number of rotatable bonds is 7. The number of nitrogens with one attached hydrogen (secondary N) is 2. The Balaban J connectivity index is 1.97. The Morgan fingerprint density at radius 3 is 2.52 bits per heavy atom. The highest BCUT2D eigenvalue weighted by Gasteiger charge is 2.29. The Morgan fingerprint density at radius 2 is 1.96 bits per heavy atom. The van der Waals surface area contributed by atoms with E-state index in [1.54, 1.807) is 13.0 Å². The largest absolute Gasteiger partial charge is 0.469 e. The maximum Gasteiger partial charge on any atom is 0.341 e. The Bertz CT molecular complexity index is 678. The average Bonchev–Trinajstić information content (AvgIpc) is 3.06. The predicted octanol–water partition coefficient (Wildman–Crippen LogP) is 1.45. The fraction of sp³-hybridized carbons (Fsp3) is 0.632. The number of carbonyl (C=O) groups is 3. The average molecular weight is 398 g/mol. The summed E-state index contributed by atoms with van der Waals surface area (Å²) in [6.07, 6.45) is 1.44. The molecule has 1 aliphatic heterocycles. The van der Waals surface area contributed by atoms with E-state index in [-0.39, 0.29) is 23.7 Å². The highest BCUT2D eigenvalue weighted by molar-refractivity contribution is 7.16. The number of esters is 2. The second-order valence-electron chi connectivity index (χ2n) is 7.04. The van der Waals surface area contributed by atoms with Crippen molar-refractivity contribution in [3.8, 4) is 0 Å². The third kappa shape index (κ3) is 5.77. The molecule has 0 unspecified atom stereocenters. The summed E-state index contributed by atoms with van der Waals surface area (Å²) in [5.41, 5.74) is 0.415. The van der Waals surface area contributed by atoms with Gasteiger partial charge in [0.15, 0.2) is 6.54 Å². The van der Waals surface area contributed by atoms with Gasteiger partial charge in [-0.15, -0.1) is 11.3 Å². The second-order valence-corrected chi connectivity index (χ2v) is 8.12. The normalized spacial score (nSPS) is 19.6. The first-order valence-corrected chi connectivity index (χ1v) is 10.2. The molecule has 0 saturated carbocycles. The molecule has 150 valence electrons. The van der Waals surface area contributed by atoms with Gasteiger partial charge in [-0.1, -0.05) is 13.8 Å². The van der Waals surface area contributed by atoms with Crippen molar-refractivity contribution < 1.29 is 28.8 Å². The first kappa shape index (κ1) is 21.4. The van der Waals surface area contributed by atoms with Crippen molar-refractivity contribution in [3.63, 3.8) is 0 Å². The van der Waals surface area contributed by atoms with E-state index in [0.29, 0.717) is 23.7 Å². The van der Waals surface area contributed by atoms with Crippen molar-refractivity contribution in [3.05, 3.63) is 16.5 Å². The van der Waals surface area contributed by atoms with Crippen LogP contribution in [0.3, 0.4) is 0 Å². The minimum absolute atomic E-state index is 0.0666. The number of thiophene rings is 1. The van der Waals surface area contributed by atoms with Crippen LogP contribution in [-0.2, 0) is 19.1 Å². The maximum atomic E-state index is 12.5. The molecule has 8 heteroatoms. The van der Waals surface area contributed by atoms with Gasteiger partial charge in [0.05, 0.1) is 38.3 Å². The summed E-state index contributed by atoms with van der Waals surface area (Å²) in [5.74, 6) is -0.524. The Hall–Kier alpha value is -1.93. The molecule has 2 heterocycles. The number of likely N-dealkylation sites (tertiary alicyclic amines) is 1. The van der Waals surface area contributed by atoms with Crippen molar-refractivity contribution in [2.45, 2.75) is 39.5 Å². The molecule has 0 aromatic carbocycles. The molecule has 0 bridgehead atoms. The number of anilines is 1. The van der Waals surface area contributed by atoms with E-state index in [0.717, 1.165) is 35.7 Å². The molecule has 0 spiro atoms. The molecular formula is C19H29N2O5S+. The first-order valence-electron chi connectivity index (χ1n) is 9.37. The van der Waals surface area contributed by atoms with Crippen LogP contribution < -0.4 is 10.2 Å². The zero-order chi connectivity index (χ0) is 20.0. The molecular weight excluding hydrogens is 368 g/mol. The lowest BCUT2D eigenvalue weighted by Crippen LogP contribution is -3.14. The van der Waals surface area contributed by atoms with Crippen molar-refractivity contribution in [1.82, 2.24) is 0 Å². The van der Waals surface area contributed by atoms with Gasteiger partial charge in [0.2, 0.25) is 0 Å². The van der Waals surface area contributed by atoms with Crippen LogP contribution >= 0.6 is 11.3 Å². The molecule has 1 fully saturated rings. The first-order chi connectivity index (χ1) is 12.8. The molecule has 2 rings (SSSR count). The van der Waals surface area contributed by atoms with Crippen LogP contribution in [0.5, 0.6) is 0 Å². The smallest absolute Gasteiger partial charge is 0.341 e. The van der Waals surface area contributed by atoms with Crippen LogP contribution in [0, 0.1) is 5.92 Å². The van der Waals surface area contributed by atoms with Gasteiger partial charge >= 0.3 is 11.9 Å². The molecule has 1 aromatic heterocycles. The van der Waals surface area contributed by atoms with Crippen LogP contribution in [0.15, 0.2) is 6.07 Å². The van der Waals surface area contributed by atoms with E-state index in [1.165, 1.54) is 18.4 Å². The van der Waals surface area contributed by atoms with Crippen LogP contribution in [0.4, 0.5) is 5.00 Å². The molecule has 0 atom stereocenters. The van der Waals surface area contributed by atoms with Gasteiger partial charge in [-0.25, -0.2) is 4.79 Å². The van der Waals surface area contributed by atoms with Gasteiger partial charge in [-0.05, 0) is 18.9 Å². The van der Waals surface area contributed by atoms with Gasteiger partial charge in [-0.2, -0.15) is 0 Å². The molecule has 27 heavy (non-hydrogen) atoms. The van der Waals surface area contributed by atoms with Crippen LogP contribution in [0.1, 0.15) is 54.8 Å². The number of carbonyl (C=O) groups excluding carboxylic acids is 3. The third-order valence-corrected chi connectivity index (χ3v) is 6.06. The topological polar surface area (TPSA) is 86.1 Å². The number of hydrogen-bond acceptors (Lipinski definition) is 6. The second kappa shape index (κ2) is 9.85. The van der Waals surface area contributed by atoms with Crippen LogP contribution in [-0.4, -0.2) is 51.2 Å². The summed E-state index contributed by atoms with van der Waals surface area (Å²) in [7, 11) is 1.41. The standard InChI is InChI=1S/C19H28N2O5S/c1-5-26-19(24)14-10-15(12(2)3)27-17(14)20-16(22)11-21-8-6-13(7-9-21)18(23)25-4/h10,12-13H,5-9,11H2,1-4H3,(H,20,22)/p+1. The number of piperidine rings is 1. The van der Waals surface area contributed by atoms with E-state index < -0.39 is 5.97 Å². The Labute approximate surface area is 164 Å². The monoisotopic (exact) mass is 397 g/mol. The lowest BCUT2D eigenvalue weighted by Gasteiger charge is -2.27. The summed E-state index contributed by atoms with van der Waals surface area (Å²) < 4.78 is 9.90. The summed E-state index contributed by atoms with van der Waals surface area (Å²) in [6, 6.07) is 1.80. The SMILES string of the molecule is CCOC(=O)c1cc(C(C)C)sc1NC(=O)C[NH+]1CCC(C(=O)OC)CC1. The quantitative estimate of drug-likeness (QED) is 0.680. The molecule has 2 N–H and O–H groups in total. The Kier molecular flexibility index (Phi) is 7.79. The van der Waals surface area contributed by atoms with Gasteiger partial charge in [0, 0.05) is 17.7 Å². The summed E-state index contributed by atoms with van der Waals surface area (Å²) >= 11 is 1.42. The molecule has 1 saturated heterocycles. The van der Waals surface area contributed by atoms with Gasteiger partial charge in [0.1, 0.15) is 5.00 Å². The van der Waals surface area contributed by atoms with Gasteiger partial charge in [0.25, 0.3) is 5.91 Å². The van der Waals surface area contributed by atoms with Crippen molar-refractivity contribution in [2.75, 3.05) is 38.7 Å². The van der Waals surface area contributed by atoms with E-state index in [4.69, 9.17) is 9.47 Å². The maximum absolute atomic E-state index is 12.5. The Morgan fingerprint density at radius 1 is 1.30 bits per heavy atom. The molecule has 1 aromatic rings. The summed E-state index contributed by atoms with van der Waals surface area (Å²) in [4.78, 5) is 38.4. The summed E-state index contributed by atoms with van der Waals surface area (Å²) in [6.45, 7) is 7.94. The molecule has 1 amide bonds. The number of hydrogen-bond donors (Lipinski definition) is 2. The predicted molar refractivity (Wildman–Crippen MR) is 103 cm³/mol. The highest BCUT2D eigenvalue weighted by atomic mass is 32.1. The van der Waals surface area contributed by atoms with Crippen LogP contribution in [0.25, 0.3) is 0 Å². The van der Waals surface area contributed by atoms with E-state index >= 15 is 0 Å². The zero-order valence-electron chi connectivity index (χ0n) is 16.4. The lowest BCUT2D eigenvalue weighted by molar-refractivity contribution is -0.897. The van der Waals surface area contributed by atoms with Gasteiger partial charge in [-0.3, -0.25) is 9.59 Å². The van der Waals surface area contributed by atoms with Gasteiger partial charge < -0.3 is 19.7 Å². The number of methoxy groups -OCH3 is 1. The zero-order valence-corrected chi connectivity index (χ0v) is 17.2. The molecule has 7 nitrogen and oxygen atoms in total. The number of quaternary nitrogens is 1. The fourth-order valence-electron chi connectivity index (χ4n) is 3.15. The third-order valence-electron chi connectivity index (χ3n) is 4.71. The van der Waals surface area contributed by atoms with Crippen molar-refractivity contribution in [1.29, 1.82) is 0 Å². The number of ether oxygens (including phenoxy) is 2. The van der Waals surface area contributed by atoms with E-state index in [2.05, 4.69) is 5.32 Å². The fourth-order valence-corrected chi connectivity index (χ4v) is 4.22. The molecule has 1 aliphatic rings. The van der Waals surface area contributed by atoms with E-state index in [1.807, 2.05) is 13.8 Å². The highest BCUT2D eigenvalue weighted by Crippen LogP contribution is 2.33. The summed E-state index contributed by atoms with van der Waals surface area (Å²) in [5, 5.41) is 3.43. The molecule has 0 aliphatic carbocycles. The minimum Gasteiger partial charge on any atom is -0.469 e. The van der Waals surface area contributed by atoms with Crippen LogP contribution in [0.2, 0.25) is 0 Å². The number of amides is 1. The van der Waals surface area contributed by atoms with Crippen molar-refractivity contribution >= 4 is 34.2 Å². The minimum atomic E-state index is -0.415.